The van der Waals surface area contributed by atoms with Gasteiger partial charge in [0.2, 0.25) is 0 Å². The van der Waals surface area contributed by atoms with Crippen molar-refractivity contribution in [3.63, 3.8) is 0 Å². The second-order valence-corrected chi connectivity index (χ2v) is 8.25. The number of nitrogens with one attached hydrogen (secondary N) is 1. The summed E-state index contributed by atoms with van der Waals surface area (Å²) in [5.74, 6) is 0.0615. The van der Waals surface area contributed by atoms with Gasteiger partial charge in [-0.1, -0.05) is 36.4 Å². The minimum absolute atomic E-state index is 0.0615. The molecule has 170 valence electrons. The van der Waals surface area contributed by atoms with Gasteiger partial charge in [-0.2, -0.15) is 0 Å². The van der Waals surface area contributed by atoms with Gasteiger partial charge in [-0.05, 0) is 76.8 Å². The van der Waals surface area contributed by atoms with Crippen LogP contribution in [0.1, 0.15) is 36.2 Å². The second kappa shape index (κ2) is 12.3. The summed E-state index contributed by atoms with van der Waals surface area (Å²) >= 11 is 0. The van der Waals surface area contributed by atoms with Crippen molar-refractivity contribution in [2.45, 2.75) is 32.0 Å². The maximum atomic E-state index is 14.0. The average Bonchev–Trinajstić information content (AvgIpc) is 3.20. The average molecular weight is 430 g/mol. The quantitative estimate of drug-likeness (QED) is 0.799. The number of carbonyl (C=O) groups is 2. The van der Waals surface area contributed by atoms with Crippen LogP contribution in [-0.4, -0.2) is 69.8 Å². The molecule has 6 heteroatoms. The number of carbonyl (C=O) groups excluding carboxylic acids is 2. The Bertz CT molecular complexity index is 801. The molecule has 0 spiro atoms. The Morgan fingerprint density at radius 3 is 1.90 bits per heavy atom. The summed E-state index contributed by atoms with van der Waals surface area (Å²) in [6.45, 7) is 7.08. The van der Waals surface area contributed by atoms with Crippen LogP contribution in [0.5, 0.6) is 0 Å². The molecule has 2 aromatic rings. The lowest BCUT2D eigenvalue weighted by Gasteiger charge is -2.24. The largest absolute Gasteiger partial charge is 0.337 e. The highest BCUT2D eigenvalue weighted by molar-refractivity contribution is 5.94. The first kappa shape index (κ1) is 26.5. The summed E-state index contributed by atoms with van der Waals surface area (Å²) in [6, 6.07) is 15.4. The molecule has 0 bridgehead atoms. The molecule has 2 aromatic carbocycles. The molecule has 1 saturated heterocycles. The van der Waals surface area contributed by atoms with Gasteiger partial charge in [-0.25, -0.2) is 4.39 Å². The second-order valence-electron chi connectivity index (χ2n) is 8.25. The van der Waals surface area contributed by atoms with Crippen LogP contribution in [-0.2, 0) is 10.5 Å². The topological polar surface area (TPSA) is 52.7 Å². The van der Waals surface area contributed by atoms with E-state index < -0.39 is 5.67 Å². The van der Waals surface area contributed by atoms with E-state index in [1.54, 1.807) is 13.8 Å². The minimum atomic E-state index is -1.34. The lowest BCUT2D eigenvalue weighted by molar-refractivity contribution is -0.0980. The van der Waals surface area contributed by atoms with Gasteiger partial charge in [0.1, 0.15) is 12.5 Å². The van der Waals surface area contributed by atoms with E-state index in [0.717, 1.165) is 30.6 Å². The molecule has 0 aliphatic carbocycles. The molecule has 1 fully saturated rings. The SMILES string of the molecule is C=O.CN1CC[C@H](N(C)C(=O)c2ccc(-c3ccc(C(C)(C)F)cc3)cc2)C1.CNC. The number of likely N-dealkylation sites (N-methyl/N-ethyl adjacent to an activating group) is 2. The van der Waals surface area contributed by atoms with Gasteiger partial charge in [-0.3, -0.25) is 4.79 Å². The Labute approximate surface area is 186 Å². The number of likely N-dealkylation sites (tertiary alicyclic amines) is 1. The normalized spacial score (nSPS) is 15.9. The Hall–Kier alpha value is -2.57. The maximum absolute atomic E-state index is 14.0. The van der Waals surface area contributed by atoms with E-state index in [1.165, 1.54) is 0 Å². The third kappa shape index (κ3) is 7.56. The van der Waals surface area contributed by atoms with Crippen LogP contribution in [0.15, 0.2) is 48.5 Å². The molecule has 0 radical (unpaired) electrons. The maximum Gasteiger partial charge on any atom is 0.253 e. The van der Waals surface area contributed by atoms with Crippen LogP contribution in [0.25, 0.3) is 11.1 Å². The first-order chi connectivity index (χ1) is 14.7. The van der Waals surface area contributed by atoms with Crippen LogP contribution in [0.3, 0.4) is 0 Å². The van der Waals surface area contributed by atoms with E-state index in [-0.39, 0.29) is 11.9 Å². The summed E-state index contributed by atoms with van der Waals surface area (Å²) in [7, 11) is 7.72. The zero-order valence-corrected chi connectivity index (χ0v) is 19.6. The van der Waals surface area contributed by atoms with E-state index in [1.807, 2.05) is 81.4 Å². The highest BCUT2D eigenvalue weighted by Crippen LogP contribution is 2.28. The number of hydrogen-bond donors (Lipinski definition) is 1. The Kier molecular flexibility index (Phi) is 10.5. The van der Waals surface area contributed by atoms with Gasteiger partial charge in [0.25, 0.3) is 5.91 Å². The first-order valence-corrected chi connectivity index (χ1v) is 10.4. The fourth-order valence-electron chi connectivity index (χ4n) is 3.46. The van der Waals surface area contributed by atoms with Crippen LogP contribution >= 0.6 is 0 Å². The van der Waals surface area contributed by atoms with Gasteiger partial charge in [-0.15, -0.1) is 0 Å². The number of alkyl halides is 1. The standard InChI is InChI=1S/C22H27FN2O.C2H7N.CH2O/c1-22(2,23)19-11-9-17(10-12-19)16-5-7-18(8-6-16)21(26)25(4)20-13-14-24(3)15-20;1-3-2;1-2/h5-12,20H,13-15H2,1-4H3;3H,1-2H3;1H2/t20-;;/m0../s1. The van der Waals surface area contributed by atoms with Crippen molar-refractivity contribution in [2.75, 3.05) is 41.3 Å². The Balaban J connectivity index is 0.000000884. The smallest absolute Gasteiger partial charge is 0.253 e. The van der Waals surface area contributed by atoms with Gasteiger partial charge in [0.05, 0.1) is 0 Å². The molecule has 3 rings (SSSR count). The zero-order valence-electron chi connectivity index (χ0n) is 19.6. The molecule has 1 aliphatic rings. The molecule has 0 saturated carbocycles. The molecule has 5 nitrogen and oxygen atoms in total. The molecule has 1 N–H and O–H groups in total. The highest BCUT2D eigenvalue weighted by atomic mass is 19.1. The van der Waals surface area contributed by atoms with Crippen molar-refractivity contribution in [2.24, 2.45) is 0 Å². The summed E-state index contributed by atoms with van der Waals surface area (Å²) in [4.78, 5) is 24.8. The molecule has 0 aromatic heterocycles. The summed E-state index contributed by atoms with van der Waals surface area (Å²) < 4.78 is 14.0. The number of rotatable bonds is 4. The molecule has 0 unspecified atom stereocenters. The molecular formula is C25H36FN3O2. The highest BCUT2D eigenvalue weighted by Gasteiger charge is 2.27. The van der Waals surface area contributed by atoms with Gasteiger partial charge in [0, 0.05) is 25.2 Å². The minimum Gasteiger partial charge on any atom is -0.337 e. The van der Waals surface area contributed by atoms with E-state index in [0.29, 0.717) is 11.1 Å². The third-order valence-corrected chi connectivity index (χ3v) is 5.27. The van der Waals surface area contributed by atoms with Crippen LogP contribution in [0.2, 0.25) is 0 Å². The van der Waals surface area contributed by atoms with E-state index in [4.69, 9.17) is 4.79 Å². The predicted molar refractivity (Wildman–Crippen MR) is 126 cm³/mol. The number of benzene rings is 2. The van der Waals surface area contributed by atoms with Gasteiger partial charge in [0.15, 0.2) is 0 Å². The Morgan fingerprint density at radius 2 is 1.52 bits per heavy atom. The lowest BCUT2D eigenvalue weighted by atomic mass is 9.96. The predicted octanol–water partition coefficient (Wildman–Crippen LogP) is 3.99. The fourth-order valence-corrected chi connectivity index (χ4v) is 3.46. The van der Waals surface area contributed by atoms with Crippen LogP contribution in [0.4, 0.5) is 4.39 Å². The van der Waals surface area contributed by atoms with Crippen molar-refractivity contribution in [3.05, 3.63) is 59.7 Å². The van der Waals surface area contributed by atoms with Crippen molar-refractivity contribution >= 4 is 12.7 Å². The van der Waals surface area contributed by atoms with Crippen molar-refractivity contribution in [1.29, 1.82) is 0 Å². The van der Waals surface area contributed by atoms with E-state index in [9.17, 15) is 9.18 Å². The van der Waals surface area contributed by atoms with E-state index >= 15 is 0 Å². The molecular weight excluding hydrogens is 393 g/mol. The fraction of sp³-hybridized carbons (Fsp3) is 0.440. The van der Waals surface area contributed by atoms with Crippen molar-refractivity contribution in [1.82, 2.24) is 15.1 Å². The molecule has 1 aliphatic heterocycles. The zero-order chi connectivity index (χ0) is 23.6. The van der Waals surface area contributed by atoms with E-state index in [2.05, 4.69) is 17.3 Å². The van der Waals surface area contributed by atoms with Crippen molar-refractivity contribution in [3.8, 4) is 11.1 Å². The molecule has 1 atom stereocenters. The van der Waals surface area contributed by atoms with Crippen LogP contribution in [0, 0.1) is 0 Å². The Morgan fingerprint density at radius 1 is 1.06 bits per heavy atom. The number of hydrogen-bond acceptors (Lipinski definition) is 4. The first-order valence-electron chi connectivity index (χ1n) is 10.4. The molecule has 1 amide bonds. The third-order valence-electron chi connectivity index (χ3n) is 5.27. The monoisotopic (exact) mass is 429 g/mol. The lowest BCUT2D eigenvalue weighted by Crippen LogP contribution is -2.38. The summed E-state index contributed by atoms with van der Waals surface area (Å²) in [5, 5.41) is 2.75. The van der Waals surface area contributed by atoms with Gasteiger partial charge < -0.3 is 19.9 Å². The summed E-state index contributed by atoms with van der Waals surface area (Å²) in [6.07, 6.45) is 1.02. The number of halogens is 1. The van der Waals surface area contributed by atoms with Crippen LogP contribution < -0.4 is 5.32 Å². The number of nitrogens with zero attached hydrogens (tertiary/aromatic N) is 2. The molecule has 31 heavy (non-hydrogen) atoms. The molecule has 1 heterocycles. The number of amides is 1. The summed E-state index contributed by atoms with van der Waals surface area (Å²) in [5.41, 5.74) is 2.06. The van der Waals surface area contributed by atoms with Gasteiger partial charge >= 0.3 is 0 Å². The van der Waals surface area contributed by atoms with Crippen molar-refractivity contribution < 1.29 is 14.0 Å².